The van der Waals surface area contributed by atoms with Crippen LogP contribution < -0.4 is 5.32 Å². The molecule has 1 heterocycles. The number of benzene rings is 1. The minimum Gasteiger partial charge on any atom is -0.501 e. The van der Waals surface area contributed by atoms with Crippen molar-refractivity contribution in [3.8, 4) is 0 Å². The first kappa shape index (κ1) is 32.0. The number of amides is 3. The summed E-state index contributed by atoms with van der Waals surface area (Å²) in [6, 6.07) is 7.61. The topological polar surface area (TPSA) is 122 Å². The van der Waals surface area contributed by atoms with Gasteiger partial charge < -0.3 is 19.8 Å². The zero-order chi connectivity index (χ0) is 31.0. The maximum atomic E-state index is 13.7. The fraction of sp³-hybridized carbons (Fsp3) is 0.545. The molecular weight excluding hydrogens is 550 g/mol. The van der Waals surface area contributed by atoms with Crippen molar-refractivity contribution in [3.63, 3.8) is 0 Å². The number of likely N-dealkylation sites (tertiary alicyclic amines) is 1. The first-order valence-electron chi connectivity index (χ1n) is 15.3. The van der Waals surface area contributed by atoms with Crippen LogP contribution in [-0.4, -0.2) is 72.7 Å². The summed E-state index contributed by atoms with van der Waals surface area (Å²) in [6.45, 7) is 4.69. The molecule has 0 bridgehead atoms. The number of rotatable bonds is 14. The van der Waals surface area contributed by atoms with E-state index in [0.717, 1.165) is 29.2 Å². The summed E-state index contributed by atoms with van der Waals surface area (Å²) < 4.78 is 5.26. The van der Waals surface area contributed by atoms with Crippen LogP contribution in [0.3, 0.4) is 0 Å². The van der Waals surface area contributed by atoms with Crippen molar-refractivity contribution in [2.45, 2.75) is 71.3 Å². The van der Waals surface area contributed by atoms with Crippen LogP contribution in [0.4, 0.5) is 0 Å². The molecule has 0 aromatic heterocycles. The van der Waals surface area contributed by atoms with Gasteiger partial charge in [-0.25, -0.2) is 4.79 Å². The Hall–Kier alpha value is -3.95. The predicted molar refractivity (Wildman–Crippen MR) is 159 cm³/mol. The molecular formula is C33H43N3O7. The number of methoxy groups -OCH3 is 1. The van der Waals surface area contributed by atoms with Crippen LogP contribution in [0.1, 0.15) is 75.6 Å². The smallest absolute Gasteiger partial charge is 0.363 e. The van der Waals surface area contributed by atoms with Crippen molar-refractivity contribution in [2.75, 3.05) is 26.7 Å². The lowest BCUT2D eigenvalue weighted by Crippen LogP contribution is -2.53. The fourth-order valence-electron chi connectivity index (χ4n) is 6.23. The van der Waals surface area contributed by atoms with Crippen LogP contribution in [0.2, 0.25) is 0 Å². The molecule has 1 saturated heterocycles. The molecule has 3 aliphatic rings. The van der Waals surface area contributed by atoms with Crippen LogP contribution in [0.25, 0.3) is 0 Å². The number of carbonyl (C=O) groups is 5. The number of hydrogen-bond acceptors (Lipinski definition) is 7. The summed E-state index contributed by atoms with van der Waals surface area (Å²) >= 11 is 0. The number of hydrogen-bond donors (Lipinski definition) is 1. The summed E-state index contributed by atoms with van der Waals surface area (Å²) in [5.41, 5.74) is 0.161. The minimum atomic E-state index is -0.939. The first-order chi connectivity index (χ1) is 20.8. The van der Waals surface area contributed by atoms with Gasteiger partial charge in [-0.2, -0.15) is 5.06 Å². The highest BCUT2D eigenvalue weighted by Crippen LogP contribution is 2.55. The number of hydroxylamine groups is 2. The number of nitrogens with zero attached hydrogens (tertiary/aromatic N) is 2. The van der Waals surface area contributed by atoms with Crippen LogP contribution in [0.5, 0.6) is 0 Å². The van der Waals surface area contributed by atoms with Gasteiger partial charge in [0.25, 0.3) is 0 Å². The third kappa shape index (κ3) is 7.53. The van der Waals surface area contributed by atoms with E-state index in [2.05, 4.69) is 5.32 Å². The van der Waals surface area contributed by atoms with Crippen molar-refractivity contribution < 1.29 is 33.5 Å². The molecule has 3 atom stereocenters. The van der Waals surface area contributed by atoms with Crippen molar-refractivity contribution in [2.24, 2.45) is 17.3 Å². The van der Waals surface area contributed by atoms with Crippen molar-refractivity contribution in [3.05, 3.63) is 59.4 Å². The number of Topliss-reactive ketones (excluding diaryl/α,β-unsaturated/α-hetero) is 1. The normalized spacial score (nSPS) is 22.4. The largest absolute Gasteiger partial charge is 0.501 e. The molecule has 4 rings (SSSR count). The molecule has 3 amide bonds. The Balaban J connectivity index is 1.35. The van der Waals surface area contributed by atoms with E-state index in [1.54, 1.807) is 42.3 Å². The Morgan fingerprint density at radius 1 is 1.09 bits per heavy atom. The maximum Gasteiger partial charge on any atom is 0.363 e. The Kier molecular flexibility index (Phi) is 10.8. The summed E-state index contributed by atoms with van der Waals surface area (Å²) in [6.07, 6.45) is 9.22. The van der Waals surface area contributed by atoms with Crippen LogP contribution in [0.15, 0.2) is 53.8 Å². The Labute approximate surface area is 253 Å². The quantitative estimate of drug-likeness (QED) is 0.256. The van der Waals surface area contributed by atoms with E-state index in [1.165, 1.54) is 0 Å². The average molecular weight is 594 g/mol. The van der Waals surface area contributed by atoms with Gasteiger partial charge in [0, 0.05) is 25.4 Å². The van der Waals surface area contributed by atoms with E-state index in [9.17, 15) is 24.0 Å². The number of nitrogens with one attached hydrogen (secondary N) is 1. The van der Waals surface area contributed by atoms with Gasteiger partial charge in [0.1, 0.15) is 6.04 Å². The number of carbonyl (C=O) groups excluding carboxylic acids is 5. The molecule has 1 saturated carbocycles. The van der Waals surface area contributed by atoms with Crippen LogP contribution in [0, 0.1) is 17.3 Å². The Morgan fingerprint density at radius 3 is 2.40 bits per heavy atom. The highest BCUT2D eigenvalue weighted by Gasteiger charge is 2.60. The molecule has 43 heavy (non-hydrogen) atoms. The summed E-state index contributed by atoms with van der Waals surface area (Å²) in [5.74, 6) is -0.276. The van der Waals surface area contributed by atoms with Crippen LogP contribution >= 0.6 is 0 Å². The maximum absolute atomic E-state index is 13.7. The second-order valence-electron chi connectivity index (χ2n) is 11.7. The lowest BCUT2D eigenvalue weighted by atomic mass is 9.85. The highest BCUT2D eigenvalue weighted by atomic mass is 16.7. The standard InChI is InChI=1S/C33H43N3O7/c1-4-9-26-20-33(26,21-36(22-37)43-31(40)25-10-7-6-8-11-25)32(41)34-28(5-2)30(39)35-18-16-24(17-19-35)29(38)23-12-14-27(42-3)15-13-23/h6-8,10-12,14,22,24,26,28H,4-5,9,13,15-21H2,1-3H3,(H,34,41)/t26-,28+,33?/m1/s1. The van der Waals surface area contributed by atoms with E-state index in [4.69, 9.17) is 9.57 Å². The molecule has 1 unspecified atom stereocenters. The summed E-state index contributed by atoms with van der Waals surface area (Å²) in [4.78, 5) is 71.8. The first-order valence-corrected chi connectivity index (χ1v) is 15.3. The van der Waals surface area contributed by atoms with E-state index in [1.807, 2.05) is 26.0 Å². The van der Waals surface area contributed by atoms with E-state index in [-0.39, 0.29) is 36.0 Å². The van der Waals surface area contributed by atoms with Gasteiger partial charge >= 0.3 is 5.97 Å². The monoisotopic (exact) mass is 593 g/mol. The zero-order valence-corrected chi connectivity index (χ0v) is 25.4. The second-order valence-corrected chi connectivity index (χ2v) is 11.7. The molecule has 1 N–H and O–H groups in total. The van der Waals surface area contributed by atoms with Crippen LogP contribution in [-0.2, 0) is 28.8 Å². The van der Waals surface area contributed by atoms with Crippen molar-refractivity contribution in [1.29, 1.82) is 0 Å². The number of ketones is 1. The number of ether oxygens (including phenoxy) is 1. The van der Waals surface area contributed by atoms with Crippen molar-refractivity contribution in [1.82, 2.24) is 15.3 Å². The molecule has 2 fully saturated rings. The van der Waals surface area contributed by atoms with E-state index in [0.29, 0.717) is 63.6 Å². The molecule has 1 aromatic rings. The third-order valence-corrected chi connectivity index (χ3v) is 8.97. The van der Waals surface area contributed by atoms with Gasteiger partial charge in [-0.15, -0.1) is 0 Å². The Morgan fingerprint density at radius 2 is 1.81 bits per heavy atom. The number of allylic oxidation sites excluding steroid dienone is 4. The lowest BCUT2D eigenvalue weighted by molar-refractivity contribution is -0.159. The second kappa shape index (κ2) is 14.5. The van der Waals surface area contributed by atoms with Gasteiger partial charge in [-0.3, -0.25) is 19.2 Å². The van der Waals surface area contributed by atoms with Gasteiger partial charge in [0.2, 0.25) is 18.2 Å². The SMILES string of the molecule is CCC[C@@H]1CC1(CN(C=O)OC(=O)c1ccccc1)C(=O)N[C@@H](CC)C(=O)N1CCC(C(=O)C2=CC=C(OC)CC2)CC1. The molecule has 0 spiro atoms. The summed E-state index contributed by atoms with van der Waals surface area (Å²) in [5, 5.41) is 3.85. The number of piperidine rings is 1. The molecule has 1 aliphatic heterocycles. The molecule has 10 heteroatoms. The predicted octanol–water partition coefficient (Wildman–Crippen LogP) is 3.98. The average Bonchev–Trinajstić information content (AvgIpc) is 3.75. The lowest BCUT2D eigenvalue weighted by Gasteiger charge is -2.34. The molecule has 10 nitrogen and oxygen atoms in total. The van der Waals surface area contributed by atoms with Gasteiger partial charge in [0.05, 0.1) is 30.4 Å². The summed E-state index contributed by atoms with van der Waals surface area (Å²) in [7, 11) is 1.63. The molecule has 232 valence electrons. The van der Waals surface area contributed by atoms with Gasteiger partial charge in [-0.05, 0) is 68.2 Å². The minimum absolute atomic E-state index is 0.00801. The van der Waals surface area contributed by atoms with E-state index >= 15 is 0 Å². The zero-order valence-electron chi connectivity index (χ0n) is 25.4. The fourth-order valence-corrected chi connectivity index (χ4v) is 6.23. The Bertz CT molecular complexity index is 1250. The van der Waals surface area contributed by atoms with Gasteiger partial charge in [0.15, 0.2) is 5.78 Å². The molecule has 1 aromatic carbocycles. The molecule has 2 aliphatic carbocycles. The van der Waals surface area contributed by atoms with Gasteiger partial charge in [-0.1, -0.05) is 44.5 Å². The third-order valence-electron chi connectivity index (χ3n) is 8.97. The molecule has 0 radical (unpaired) electrons. The van der Waals surface area contributed by atoms with E-state index < -0.39 is 17.4 Å². The van der Waals surface area contributed by atoms with Crippen molar-refractivity contribution >= 4 is 30.0 Å². The highest BCUT2D eigenvalue weighted by molar-refractivity contribution is 5.98.